The molecule has 0 aliphatic heterocycles. The largest absolute Gasteiger partial charge is 0.273 e. The van der Waals surface area contributed by atoms with E-state index < -0.39 is 0 Å². The lowest BCUT2D eigenvalue weighted by Gasteiger charge is -2.11. The lowest BCUT2D eigenvalue weighted by Crippen LogP contribution is -2.21. The molecule has 0 heterocycles. The molecule has 3 aliphatic rings. The first-order valence-corrected chi connectivity index (χ1v) is 7.87. The van der Waals surface area contributed by atoms with Crippen LogP contribution < -0.4 is 5.43 Å². The normalized spacial score (nSPS) is 36.3. The number of hydrogen-bond donors (Lipinski definition) is 1. The summed E-state index contributed by atoms with van der Waals surface area (Å²) in [6.07, 6.45) is 9.98. The van der Waals surface area contributed by atoms with Crippen LogP contribution in [-0.2, 0) is 4.79 Å². The lowest BCUT2D eigenvalue weighted by atomic mass is 9.95. The second-order valence-corrected chi connectivity index (χ2v) is 6.56. The molecule has 0 aromatic heterocycles. The third kappa shape index (κ3) is 2.53. The molecular weight excluding hydrogens is 260 g/mol. The fourth-order valence-electron chi connectivity index (χ4n) is 3.83. The summed E-state index contributed by atoms with van der Waals surface area (Å²) in [5.74, 6) is 2.46. The number of amides is 1. The van der Waals surface area contributed by atoms with Gasteiger partial charge in [0.25, 0.3) is 0 Å². The minimum Gasteiger partial charge on any atom is -0.273 e. The molecule has 0 radical (unpaired) electrons. The minimum atomic E-state index is 0.0683. The van der Waals surface area contributed by atoms with Crippen LogP contribution in [-0.4, -0.2) is 12.1 Å². The molecule has 3 heteroatoms. The zero-order valence-corrected chi connectivity index (χ0v) is 12.0. The number of benzene rings is 1. The van der Waals surface area contributed by atoms with Crippen molar-refractivity contribution in [3.8, 4) is 0 Å². The Morgan fingerprint density at radius 3 is 2.71 bits per heavy atom. The van der Waals surface area contributed by atoms with Gasteiger partial charge in [-0.15, -0.1) is 0 Å². The summed E-state index contributed by atoms with van der Waals surface area (Å²) in [7, 11) is 0. The van der Waals surface area contributed by atoms with Gasteiger partial charge < -0.3 is 0 Å². The third-order valence-electron chi connectivity index (χ3n) is 5.13. The minimum absolute atomic E-state index is 0.0683. The van der Waals surface area contributed by atoms with E-state index in [2.05, 4.69) is 34.8 Å². The van der Waals surface area contributed by atoms with Crippen LogP contribution in [0.15, 0.2) is 47.6 Å². The molecule has 2 saturated carbocycles. The van der Waals surface area contributed by atoms with Crippen molar-refractivity contribution in [1.82, 2.24) is 5.43 Å². The number of hydrazone groups is 1. The van der Waals surface area contributed by atoms with Crippen LogP contribution in [0.5, 0.6) is 0 Å². The number of fused-ring (bicyclic) bond motifs is 2. The predicted molar refractivity (Wildman–Crippen MR) is 82.8 cm³/mol. The Morgan fingerprint density at radius 2 is 2.00 bits per heavy atom. The highest BCUT2D eigenvalue weighted by Crippen LogP contribution is 2.47. The number of allylic oxidation sites excluding steroid dienone is 2. The van der Waals surface area contributed by atoms with Crippen LogP contribution in [0.1, 0.15) is 30.7 Å². The van der Waals surface area contributed by atoms with E-state index in [0.29, 0.717) is 17.8 Å². The zero-order valence-electron chi connectivity index (χ0n) is 12.0. The van der Waals surface area contributed by atoms with Crippen molar-refractivity contribution in [2.45, 2.75) is 25.2 Å². The number of carbonyl (C=O) groups excluding carboxylic acids is 1. The molecule has 3 aliphatic carbocycles. The second-order valence-electron chi connectivity index (χ2n) is 6.56. The van der Waals surface area contributed by atoms with E-state index in [1.807, 2.05) is 24.4 Å². The van der Waals surface area contributed by atoms with E-state index in [4.69, 9.17) is 0 Å². The van der Waals surface area contributed by atoms with Crippen molar-refractivity contribution in [1.29, 1.82) is 0 Å². The van der Waals surface area contributed by atoms with Gasteiger partial charge in [-0.3, -0.25) is 4.79 Å². The maximum absolute atomic E-state index is 12.1. The van der Waals surface area contributed by atoms with Crippen molar-refractivity contribution >= 4 is 12.1 Å². The van der Waals surface area contributed by atoms with Crippen LogP contribution in [0.3, 0.4) is 0 Å². The summed E-state index contributed by atoms with van der Waals surface area (Å²) in [5, 5.41) is 4.20. The Balaban J connectivity index is 1.29. The highest BCUT2D eigenvalue weighted by Gasteiger charge is 2.43. The van der Waals surface area contributed by atoms with Crippen molar-refractivity contribution in [3.05, 3.63) is 48.0 Å². The quantitative estimate of drug-likeness (QED) is 0.514. The predicted octanol–water partition coefficient (Wildman–Crippen LogP) is 3.10. The second kappa shape index (κ2) is 5.14. The molecule has 1 aromatic carbocycles. The van der Waals surface area contributed by atoms with Crippen molar-refractivity contribution < 1.29 is 4.79 Å². The highest BCUT2D eigenvalue weighted by atomic mass is 16.2. The lowest BCUT2D eigenvalue weighted by molar-refractivity contribution is -0.122. The van der Waals surface area contributed by atoms with E-state index in [0.717, 1.165) is 12.3 Å². The van der Waals surface area contributed by atoms with E-state index in [9.17, 15) is 4.79 Å². The summed E-state index contributed by atoms with van der Waals surface area (Å²) < 4.78 is 0. The standard InChI is InChI=1S/C18H20N2O/c21-18(17-10-16(17)13-4-2-1-3-5-13)20-19-11-15-9-12-6-7-14(15)8-12/h1-7,11-12,14-17H,8-10H2,(H,20,21)/b19-11+. The van der Waals surface area contributed by atoms with Gasteiger partial charge in [0.1, 0.15) is 0 Å². The maximum atomic E-state index is 12.1. The van der Waals surface area contributed by atoms with Crippen LogP contribution in [0, 0.1) is 23.7 Å². The molecule has 4 rings (SSSR count). The summed E-state index contributed by atoms with van der Waals surface area (Å²) >= 11 is 0. The van der Waals surface area contributed by atoms with E-state index >= 15 is 0 Å². The average Bonchev–Trinajstić information content (AvgIpc) is 3.06. The molecule has 1 aromatic rings. The number of rotatable bonds is 4. The maximum Gasteiger partial charge on any atom is 0.243 e. The first kappa shape index (κ1) is 12.8. The van der Waals surface area contributed by atoms with Crippen LogP contribution in [0.25, 0.3) is 0 Å². The van der Waals surface area contributed by atoms with Gasteiger partial charge in [-0.05, 0) is 42.6 Å². The van der Waals surface area contributed by atoms with Gasteiger partial charge in [0, 0.05) is 18.1 Å². The Labute approximate surface area is 125 Å². The molecule has 2 fully saturated rings. The third-order valence-corrected chi connectivity index (χ3v) is 5.13. The molecule has 1 N–H and O–H groups in total. The molecule has 108 valence electrons. The Kier molecular flexibility index (Phi) is 3.13. The Hall–Kier alpha value is -1.90. The fraction of sp³-hybridized carbons (Fsp3) is 0.444. The molecule has 21 heavy (non-hydrogen) atoms. The van der Waals surface area contributed by atoms with Gasteiger partial charge in [-0.2, -0.15) is 5.10 Å². The summed E-state index contributed by atoms with van der Waals surface area (Å²) in [6.45, 7) is 0. The number of carbonyl (C=O) groups is 1. The number of nitrogens with one attached hydrogen (secondary N) is 1. The van der Waals surface area contributed by atoms with Crippen molar-refractivity contribution in [3.63, 3.8) is 0 Å². The van der Waals surface area contributed by atoms with E-state index in [-0.39, 0.29) is 11.8 Å². The Morgan fingerprint density at radius 1 is 1.14 bits per heavy atom. The van der Waals surface area contributed by atoms with Crippen LogP contribution in [0.2, 0.25) is 0 Å². The van der Waals surface area contributed by atoms with Gasteiger partial charge in [-0.1, -0.05) is 42.5 Å². The van der Waals surface area contributed by atoms with Crippen LogP contribution in [0.4, 0.5) is 0 Å². The van der Waals surface area contributed by atoms with Gasteiger partial charge in [0.2, 0.25) is 5.91 Å². The zero-order chi connectivity index (χ0) is 14.2. The van der Waals surface area contributed by atoms with Crippen molar-refractivity contribution in [2.75, 3.05) is 0 Å². The van der Waals surface area contributed by atoms with E-state index in [1.165, 1.54) is 18.4 Å². The number of hydrogen-bond acceptors (Lipinski definition) is 2. The molecule has 3 nitrogen and oxygen atoms in total. The van der Waals surface area contributed by atoms with Gasteiger partial charge in [0.05, 0.1) is 0 Å². The molecule has 0 spiro atoms. The van der Waals surface area contributed by atoms with Crippen molar-refractivity contribution in [2.24, 2.45) is 28.8 Å². The fourth-order valence-corrected chi connectivity index (χ4v) is 3.83. The molecule has 5 atom stereocenters. The molecule has 5 unspecified atom stereocenters. The smallest absolute Gasteiger partial charge is 0.243 e. The van der Waals surface area contributed by atoms with Gasteiger partial charge in [0.15, 0.2) is 0 Å². The Bertz CT molecular complexity index is 592. The SMILES string of the molecule is O=C(N/N=C/C1CC2C=CC1C2)C1CC1c1ccccc1. The highest BCUT2D eigenvalue weighted by molar-refractivity contribution is 5.83. The summed E-state index contributed by atoms with van der Waals surface area (Å²) in [6, 6.07) is 10.3. The molecule has 1 amide bonds. The summed E-state index contributed by atoms with van der Waals surface area (Å²) in [4.78, 5) is 12.1. The molecule has 0 saturated heterocycles. The first-order valence-electron chi connectivity index (χ1n) is 7.87. The first-order chi connectivity index (χ1) is 10.3. The van der Waals surface area contributed by atoms with Gasteiger partial charge in [-0.25, -0.2) is 5.43 Å². The van der Waals surface area contributed by atoms with Gasteiger partial charge >= 0.3 is 0 Å². The van der Waals surface area contributed by atoms with Crippen LogP contribution >= 0.6 is 0 Å². The summed E-state index contributed by atoms with van der Waals surface area (Å²) in [5.41, 5.74) is 4.00. The topological polar surface area (TPSA) is 41.5 Å². The molecule has 2 bridgehead atoms. The average molecular weight is 280 g/mol. The monoisotopic (exact) mass is 280 g/mol. The van der Waals surface area contributed by atoms with E-state index in [1.54, 1.807) is 0 Å². The number of nitrogens with zero attached hydrogens (tertiary/aromatic N) is 1. The molecular formula is C18H20N2O.